The molecule has 18 heavy (non-hydrogen) atoms. The molecular formula is C12H18N2O3S. The Bertz CT molecular complexity index is 495. The Hall–Kier alpha value is -1.14. The second-order valence-electron chi connectivity index (χ2n) is 4.49. The van der Waals surface area contributed by atoms with Crippen LogP contribution < -0.4 is 4.74 Å². The van der Waals surface area contributed by atoms with Crippen LogP contribution in [0.3, 0.4) is 0 Å². The van der Waals surface area contributed by atoms with Crippen LogP contribution in [0.2, 0.25) is 0 Å². The maximum absolute atomic E-state index is 12.2. The Morgan fingerprint density at radius 2 is 2.17 bits per heavy atom. The lowest BCUT2D eigenvalue weighted by Crippen LogP contribution is -2.29. The third kappa shape index (κ3) is 3.00. The predicted octanol–water partition coefficient (Wildman–Crippen LogP) is 1.51. The van der Waals surface area contributed by atoms with Crippen molar-refractivity contribution in [2.75, 3.05) is 20.2 Å². The van der Waals surface area contributed by atoms with E-state index in [1.807, 2.05) is 6.92 Å². The Balaban J connectivity index is 2.12. The molecule has 0 amide bonds. The van der Waals surface area contributed by atoms with Crippen molar-refractivity contribution in [3.63, 3.8) is 0 Å². The van der Waals surface area contributed by atoms with E-state index in [0.717, 1.165) is 12.8 Å². The van der Waals surface area contributed by atoms with Gasteiger partial charge in [0.25, 0.3) is 0 Å². The zero-order valence-corrected chi connectivity index (χ0v) is 11.5. The summed E-state index contributed by atoms with van der Waals surface area (Å²) < 4.78 is 31.0. The monoisotopic (exact) mass is 270 g/mol. The summed E-state index contributed by atoms with van der Waals surface area (Å²) in [5.74, 6) is 0.974. The van der Waals surface area contributed by atoms with Crippen LogP contribution in [0.4, 0.5) is 0 Å². The van der Waals surface area contributed by atoms with Crippen LogP contribution in [0, 0.1) is 5.92 Å². The van der Waals surface area contributed by atoms with E-state index in [2.05, 4.69) is 4.98 Å². The summed E-state index contributed by atoms with van der Waals surface area (Å²) in [5, 5.41) is 0. The van der Waals surface area contributed by atoms with Crippen LogP contribution in [-0.2, 0) is 10.0 Å². The maximum atomic E-state index is 12.2. The fraction of sp³-hybridized carbons (Fsp3) is 0.583. The van der Waals surface area contributed by atoms with Gasteiger partial charge in [-0.25, -0.2) is 17.7 Å². The van der Waals surface area contributed by atoms with E-state index >= 15 is 0 Å². The van der Waals surface area contributed by atoms with Crippen molar-refractivity contribution >= 4 is 10.0 Å². The van der Waals surface area contributed by atoms with Crippen molar-refractivity contribution in [1.29, 1.82) is 0 Å². The van der Waals surface area contributed by atoms with Gasteiger partial charge in [-0.3, -0.25) is 0 Å². The van der Waals surface area contributed by atoms with Gasteiger partial charge >= 0.3 is 0 Å². The number of sulfonamides is 1. The maximum Gasteiger partial charge on any atom is 0.244 e. The molecule has 1 saturated carbocycles. The standard InChI is InChI=1S/C12H18N2O3S/c1-3-17-12-7-6-11(8-13-12)18(15,16)14(2)9-10-4-5-10/h6-8,10H,3-5,9H2,1-2H3. The second kappa shape index (κ2) is 5.24. The van der Waals surface area contributed by atoms with E-state index in [0.29, 0.717) is 24.9 Å². The smallest absolute Gasteiger partial charge is 0.244 e. The normalized spacial score (nSPS) is 15.9. The zero-order chi connectivity index (χ0) is 13.2. The second-order valence-corrected chi connectivity index (χ2v) is 6.54. The third-order valence-electron chi connectivity index (χ3n) is 2.92. The van der Waals surface area contributed by atoms with E-state index in [4.69, 9.17) is 4.74 Å². The van der Waals surface area contributed by atoms with E-state index in [9.17, 15) is 8.42 Å². The van der Waals surface area contributed by atoms with Crippen LogP contribution in [0.25, 0.3) is 0 Å². The Labute approximate surface area is 108 Å². The van der Waals surface area contributed by atoms with Gasteiger partial charge in [0.15, 0.2) is 0 Å². The minimum atomic E-state index is -3.41. The summed E-state index contributed by atoms with van der Waals surface area (Å²) >= 11 is 0. The molecule has 0 aromatic carbocycles. The lowest BCUT2D eigenvalue weighted by molar-refractivity contribution is 0.326. The van der Waals surface area contributed by atoms with E-state index in [1.165, 1.54) is 16.6 Å². The highest BCUT2D eigenvalue weighted by atomic mass is 32.2. The summed E-state index contributed by atoms with van der Waals surface area (Å²) in [4.78, 5) is 4.20. The average molecular weight is 270 g/mol. The van der Waals surface area contributed by atoms with Crippen molar-refractivity contribution in [2.24, 2.45) is 5.92 Å². The number of rotatable bonds is 6. The largest absolute Gasteiger partial charge is 0.478 e. The van der Waals surface area contributed by atoms with Gasteiger partial charge in [-0.05, 0) is 31.7 Å². The molecule has 5 nitrogen and oxygen atoms in total. The van der Waals surface area contributed by atoms with Crippen LogP contribution >= 0.6 is 0 Å². The number of aromatic nitrogens is 1. The lowest BCUT2D eigenvalue weighted by Gasteiger charge is -2.16. The number of hydrogen-bond donors (Lipinski definition) is 0. The molecule has 1 aromatic rings. The van der Waals surface area contributed by atoms with E-state index in [1.54, 1.807) is 13.1 Å². The Kier molecular flexibility index (Phi) is 3.87. The molecule has 2 rings (SSSR count). The van der Waals surface area contributed by atoms with Crippen molar-refractivity contribution < 1.29 is 13.2 Å². The fourth-order valence-corrected chi connectivity index (χ4v) is 2.89. The van der Waals surface area contributed by atoms with Gasteiger partial charge in [0, 0.05) is 19.7 Å². The van der Waals surface area contributed by atoms with Crippen LogP contribution in [0.15, 0.2) is 23.2 Å². The molecule has 0 radical (unpaired) electrons. The molecule has 1 heterocycles. The van der Waals surface area contributed by atoms with E-state index < -0.39 is 10.0 Å². The Morgan fingerprint density at radius 1 is 1.44 bits per heavy atom. The molecule has 1 aromatic heterocycles. The summed E-state index contributed by atoms with van der Waals surface area (Å²) in [7, 11) is -1.80. The topological polar surface area (TPSA) is 59.5 Å². The molecule has 0 saturated heterocycles. The SMILES string of the molecule is CCOc1ccc(S(=O)(=O)N(C)CC2CC2)cn1. The van der Waals surface area contributed by atoms with Crippen LogP contribution in [0.1, 0.15) is 19.8 Å². The summed E-state index contributed by atoms with van der Waals surface area (Å²) in [6.07, 6.45) is 3.60. The lowest BCUT2D eigenvalue weighted by atomic mass is 10.4. The highest BCUT2D eigenvalue weighted by molar-refractivity contribution is 7.89. The van der Waals surface area contributed by atoms with Crippen molar-refractivity contribution in [2.45, 2.75) is 24.7 Å². The zero-order valence-electron chi connectivity index (χ0n) is 10.7. The van der Waals surface area contributed by atoms with Gasteiger partial charge in [-0.1, -0.05) is 0 Å². The number of ether oxygens (including phenoxy) is 1. The first-order valence-corrected chi connectivity index (χ1v) is 7.53. The minimum Gasteiger partial charge on any atom is -0.478 e. The molecule has 0 N–H and O–H groups in total. The highest BCUT2D eigenvalue weighted by Gasteiger charge is 2.29. The molecule has 1 aliphatic carbocycles. The van der Waals surface area contributed by atoms with E-state index in [-0.39, 0.29) is 4.90 Å². The third-order valence-corrected chi connectivity index (χ3v) is 4.73. The molecule has 1 fully saturated rings. The first-order valence-electron chi connectivity index (χ1n) is 6.09. The molecule has 100 valence electrons. The van der Waals surface area contributed by atoms with Crippen LogP contribution in [-0.4, -0.2) is 37.9 Å². The molecule has 0 atom stereocenters. The Morgan fingerprint density at radius 3 is 2.67 bits per heavy atom. The summed E-state index contributed by atoms with van der Waals surface area (Å²) in [6, 6.07) is 3.12. The number of hydrogen-bond acceptors (Lipinski definition) is 4. The van der Waals surface area contributed by atoms with Crippen molar-refractivity contribution in [1.82, 2.24) is 9.29 Å². The van der Waals surface area contributed by atoms with Gasteiger partial charge in [-0.2, -0.15) is 0 Å². The quantitative estimate of drug-likeness (QED) is 0.786. The molecule has 0 aliphatic heterocycles. The van der Waals surface area contributed by atoms with Crippen LogP contribution in [0.5, 0.6) is 5.88 Å². The highest BCUT2D eigenvalue weighted by Crippen LogP contribution is 2.30. The van der Waals surface area contributed by atoms with Gasteiger partial charge in [0.2, 0.25) is 15.9 Å². The molecule has 0 unspecified atom stereocenters. The summed E-state index contributed by atoms with van der Waals surface area (Å²) in [6.45, 7) is 2.96. The molecule has 0 bridgehead atoms. The molecule has 1 aliphatic rings. The number of pyridine rings is 1. The molecule has 6 heteroatoms. The summed E-state index contributed by atoms with van der Waals surface area (Å²) in [5.41, 5.74) is 0. The predicted molar refractivity (Wildman–Crippen MR) is 67.9 cm³/mol. The first-order chi connectivity index (χ1) is 8.54. The van der Waals surface area contributed by atoms with Gasteiger partial charge in [0.1, 0.15) is 4.90 Å². The minimum absolute atomic E-state index is 0.217. The first kappa shape index (κ1) is 13.3. The van der Waals surface area contributed by atoms with Gasteiger partial charge < -0.3 is 4.74 Å². The van der Waals surface area contributed by atoms with Gasteiger partial charge in [-0.15, -0.1) is 0 Å². The van der Waals surface area contributed by atoms with Crippen molar-refractivity contribution in [3.8, 4) is 5.88 Å². The number of nitrogens with zero attached hydrogens (tertiary/aromatic N) is 2. The van der Waals surface area contributed by atoms with Crippen molar-refractivity contribution in [3.05, 3.63) is 18.3 Å². The fourth-order valence-electron chi connectivity index (χ4n) is 1.69. The average Bonchev–Trinajstić information content (AvgIpc) is 3.14. The molecular weight excluding hydrogens is 252 g/mol. The van der Waals surface area contributed by atoms with Gasteiger partial charge in [0.05, 0.1) is 12.8 Å². The molecule has 0 spiro atoms.